The van der Waals surface area contributed by atoms with Crippen molar-refractivity contribution < 1.29 is 14.3 Å². The van der Waals surface area contributed by atoms with Gasteiger partial charge in [-0.3, -0.25) is 4.79 Å². The number of rotatable bonds is 5. The summed E-state index contributed by atoms with van der Waals surface area (Å²) in [6.45, 7) is 5.22. The van der Waals surface area contributed by atoms with Gasteiger partial charge in [-0.05, 0) is 6.92 Å². The molecule has 0 bridgehead atoms. The number of urea groups is 1. The molecule has 1 rings (SSSR count). The van der Waals surface area contributed by atoms with E-state index in [1.54, 1.807) is 4.90 Å². The largest absolute Gasteiger partial charge is 0.378 e. The van der Waals surface area contributed by atoms with Crippen LogP contribution in [0.25, 0.3) is 0 Å². The molecule has 17 heavy (non-hydrogen) atoms. The van der Waals surface area contributed by atoms with Crippen molar-refractivity contribution in [1.82, 2.24) is 15.5 Å². The van der Waals surface area contributed by atoms with Gasteiger partial charge in [0.1, 0.15) is 0 Å². The van der Waals surface area contributed by atoms with Crippen LogP contribution in [0.15, 0.2) is 0 Å². The number of nitrogens with two attached hydrogens (primary N) is 1. The lowest BCUT2D eigenvalue weighted by molar-refractivity contribution is -0.137. The molecule has 7 nitrogen and oxygen atoms in total. The summed E-state index contributed by atoms with van der Waals surface area (Å²) in [5, 5.41) is 5.48. The van der Waals surface area contributed by atoms with Crippen molar-refractivity contribution in [2.75, 3.05) is 39.4 Å². The first-order valence-corrected chi connectivity index (χ1v) is 5.74. The molecule has 1 unspecified atom stereocenters. The molecular weight excluding hydrogens is 224 g/mol. The van der Waals surface area contributed by atoms with E-state index in [0.29, 0.717) is 39.4 Å². The third-order valence-electron chi connectivity index (χ3n) is 2.57. The highest BCUT2D eigenvalue weighted by Gasteiger charge is 2.21. The molecule has 98 valence electrons. The van der Waals surface area contributed by atoms with Crippen LogP contribution in [0.4, 0.5) is 4.79 Å². The maximum atomic E-state index is 11.9. The molecule has 3 amide bonds. The second-order valence-electron chi connectivity index (χ2n) is 3.90. The number of carbonyl (C=O) groups excluding carboxylic acids is 2. The number of nitrogens with zero attached hydrogens (tertiary/aromatic N) is 1. The van der Waals surface area contributed by atoms with Gasteiger partial charge in [0.15, 0.2) is 0 Å². The number of hydrogen-bond donors (Lipinski definition) is 3. The van der Waals surface area contributed by atoms with E-state index in [1.807, 2.05) is 6.92 Å². The molecule has 0 spiro atoms. The Morgan fingerprint density at radius 2 is 2.00 bits per heavy atom. The van der Waals surface area contributed by atoms with Crippen LogP contribution in [-0.4, -0.2) is 62.3 Å². The Kier molecular flexibility index (Phi) is 5.71. The van der Waals surface area contributed by atoms with Gasteiger partial charge in [-0.15, -0.1) is 0 Å². The molecule has 0 aromatic carbocycles. The molecule has 1 atom stereocenters. The number of nitrogens with one attached hydrogen (secondary N) is 2. The Balaban J connectivity index is 2.19. The van der Waals surface area contributed by atoms with Crippen molar-refractivity contribution >= 4 is 11.9 Å². The van der Waals surface area contributed by atoms with Gasteiger partial charge in [0.05, 0.1) is 19.3 Å². The van der Waals surface area contributed by atoms with Gasteiger partial charge < -0.3 is 26.0 Å². The first-order chi connectivity index (χ1) is 8.11. The summed E-state index contributed by atoms with van der Waals surface area (Å²) < 4.78 is 5.18. The lowest BCUT2D eigenvalue weighted by Crippen LogP contribution is -2.50. The van der Waals surface area contributed by atoms with E-state index in [0.717, 1.165) is 0 Å². The molecule has 1 fully saturated rings. The molecular formula is C10H20N4O3. The second kappa shape index (κ2) is 7.08. The predicted molar refractivity (Wildman–Crippen MR) is 62.4 cm³/mol. The Morgan fingerprint density at radius 3 is 2.59 bits per heavy atom. The third-order valence-corrected chi connectivity index (χ3v) is 2.57. The summed E-state index contributed by atoms with van der Waals surface area (Å²) >= 11 is 0. The van der Waals surface area contributed by atoms with Crippen LogP contribution in [0, 0.1) is 0 Å². The van der Waals surface area contributed by atoms with Gasteiger partial charge in [-0.2, -0.15) is 0 Å². The first-order valence-electron chi connectivity index (χ1n) is 5.74. The second-order valence-corrected chi connectivity index (χ2v) is 3.90. The van der Waals surface area contributed by atoms with Crippen LogP contribution < -0.4 is 16.4 Å². The Hall–Kier alpha value is -1.34. The fourth-order valence-electron chi connectivity index (χ4n) is 1.62. The minimum atomic E-state index is -0.557. The zero-order chi connectivity index (χ0) is 12.7. The van der Waals surface area contributed by atoms with Crippen LogP contribution in [0.2, 0.25) is 0 Å². The maximum Gasteiger partial charge on any atom is 0.312 e. The first kappa shape index (κ1) is 13.7. The number of ether oxygens (including phenoxy) is 1. The van der Waals surface area contributed by atoms with Crippen LogP contribution in [-0.2, 0) is 9.53 Å². The van der Waals surface area contributed by atoms with E-state index < -0.39 is 6.03 Å². The summed E-state index contributed by atoms with van der Waals surface area (Å²) in [7, 11) is 0. The highest BCUT2D eigenvalue weighted by atomic mass is 16.5. The van der Waals surface area contributed by atoms with Crippen molar-refractivity contribution in [3.8, 4) is 0 Å². The lowest BCUT2D eigenvalue weighted by Gasteiger charge is -2.29. The Labute approximate surface area is 101 Å². The molecule has 0 aromatic rings. The molecule has 1 aliphatic rings. The van der Waals surface area contributed by atoms with E-state index >= 15 is 0 Å². The quantitative estimate of drug-likeness (QED) is 0.512. The molecule has 1 aliphatic heterocycles. The highest BCUT2D eigenvalue weighted by molar-refractivity contribution is 5.81. The minimum absolute atomic E-state index is 0.0624. The predicted octanol–water partition coefficient (Wildman–Crippen LogP) is -1.51. The van der Waals surface area contributed by atoms with Gasteiger partial charge in [0, 0.05) is 26.2 Å². The standard InChI is InChI=1S/C10H20N4O3/c1-8(12-2-3-13-10(11)16)9(15)14-4-6-17-7-5-14/h8,12H,2-7H2,1H3,(H3,11,13,16). The summed E-state index contributed by atoms with van der Waals surface area (Å²) in [6, 6.07) is -0.818. The summed E-state index contributed by atoms with van der Waals surface area (Å²) in [5.74, 6) is 0.0624. The summed E-state index contributed by atoms with van der Waals surface area (Å²) in [4.78, 5) is 24.1. The normalized spacial score (nSPS) is 17.6. The van der Waals surface area contributed by atoms with Gasteiger partial charge >= 0.3 is 6.03 Å². The van der Waals surface area contributed by atoms with Gasteiger partial charge in [-0.1, -0.05) is 0 Å². The fourth-order valence-corrected chi connectivity index (χ4v) is 1.62. The van der Waals surface area contributed by atoms with Crippen molar-refractivity contribution in [3.63, 3.8) is 0 Å². The zero-order valence-corrected chi connectivity index (χ0v) is 10.1. The molecule has 0 aromatic heterocycles. The molecule has 0 radical (unpaired) electrons. The number of hydrogen-bond acceptors (Lipinski definition) is 4. The number of primary amides is 1. The van der Waals surface area contributed by atoms with Gasteiger partial charge in [-0.25, -0.2) is 4.79 Å². The van der Waals surface area contributed by atoms with E-state index in [2.05, 4.69) is 10.6 Å². The van der Waals surface area contributed by atoms with Crippen LogP contribution >= 0.6 is 0 Å². The smallest absolute Gasteiger partial charge is 0.312 e. The summed E-state index contributed by atoms with van der Waals surface area (Å²) in [5.41, 5.74) is 4.92. The zero-order valence-electron chi connectivity index (χ0n) is 10.1. The number of morpholine rings is 1. The highest BCUT2D eigenvalue weighted by Crippen LogP contribution is 2.00. The van der Waals surface area contributed by atoms with Crippen molar-refractivity contribution in [2.24, 2.45) is 5.73 Å². The van der Waals surface area contributed by atoms with E-state index in [-0.39, 0.29) is 11.9 Å². The van der Waals surface area contributed by atoms with Crippen molar-refractivity contribution in [2.45, 2.75) is 13.0 Å². The van der Waals surface area contributed by atoms with E-state index in [1.165, 1.54) is 0 Å². The monoisotopic (exact) mass is 244 g/mol. The molecule has 0 aliphatic carbocycles. The Morgan fingerprint density at radius 1 is 1.35 bits per heavy atom. The number of carbonyl (C=O) groups is 2. The van der Waals surface area contributed by atoms with Crippen molar-refractivity contribution in [1.29, 1.82) is 0 Å². The Bertz CT molecular complexity index is 266. The van der Waals surface area contributed by atoms with Crippen LogP contribution in [0.5, 0.6) is 0 Å². The molecule has 7 heteroatoms. The molecule has 1 heterocycles. The fraction of sp³-hybridized carbons (Fsp3) is 0.800. The van der Waals surface area contributed by atoms with Gasteiger partial charge in [0.25, 0.3) is 0 Å². The van der Waals surface area contributed by atoms with Crippen LogP contribution in [0.3, 0.4) is 0 Å². The summed E-state index contributed by atoms with van der Waals surface area (Å²) in [6.07, 6.45) is 0. The van der Waals surface area contributed by atoms with E-state index in [9.17, 15) is 9.59 Å². The third kappa shape index (κ3) is 5.01. The number of amides is 3. The molecule has 0 saturated carbocycles. The maximum absolute atomic E-state index is 11.9. The van der Waals surface area contributed by atoms with Crippen molar-refractivity contribution in [3.05, 3.63) is 0 Å². The average Bonchev–Trinajstić information content (AvgIpc) is 2.34. The van der Waals surface area contributed by atoms with Gasteiger partial charge in [0.2, 0.25) is 5.91 Å². The minimum Gasteiger partial charge on any atom is -0.378 e. The average molecular weight is 244 g/mol. The van der Waals surface area contributed by atoms with E-state index in [4.69, 9.17) is 10.5 Å². The SMILES string of the molecule is CC(NCCNC(N)=O)C(=O)N1CCOCC1. The van der Waals surface area contributed by atoms with Crippen LogP contribution in [0.1, 0.15) is 6.92 Å². The molecule has 1 saturated heterocycles. The topological polar surface area (TPSA) is 96.7 Å². The lowest BCUT2D eigenvalue weighted by atomic mass is 10.2. The molecule has 4 N–H and O–H groups in total.